The minimum atomic E-state index is -1.29. The predicted molar refractivity (Wildman–Crippen MR) is 255 cm³/mol. The molecule has 0 aliphatic rings. The highest BCUT2D eigenvalue weighted by Gasteiger charge is 2.30. The summed E-state index contributed by atoms with van der Waals surface area (Å²) in [4.78, 5) is 124. The number of hydrogen-bond donors (Lipinski definition) is 10. The summed E-state index contributed by atoms with van der Waals surface area (Å²) in [6.07, 6.45) is 4.33. The number of nitrogens with one attached hydrogen (secondary N) is 5. The molecule has 5 amide bonds. The number of carboxylic acids is 3. The topological polar surface area (TPSA) is 318 Å². The average Bonchev–Trinajstić information content (AvgIpc) is 3.30. The molecule has 374 valence electrons. The summed E-state index contributed by atoms with van der Waals surface area (Å²) in [5, 5.41) is 40.1. The Labute approximate surface area is 402 Å². The molecule has 68 heavy (non-hydrogen) atoms. The van der Waals surface area contributed by atoms with E-state index in [2.05, 4.69) is 39.2 Å². The van der Waals surface area contributed by atoms with E-state index in [0.29, 0.717) is 12.8 Å². The van der Waals surface area contributed by atoms with Crippen molar-refractivity contribution in [3.63, 3.8) is 0 Å². The lowest BCUT2D eigenvalue weighted by atomic mass is 9.89. The van der Waals surface area contributed by atoms with Crippen molar-refractivity contribution in [3.05, 3.63) is 71.8 Å². The SMILES string of the molecule is CC(NC(=O)[C@@H](N)CNC(=O)[C@@H](CC(=O)[C@H](Cc1ccccc1)NC(=O)CCCCCCCCC(=O)CC[C@H](NC(=O)NCCCC(=O)O)C(=O)O)Cc1ccccc1)C(=O)C[C@@H](CS)C(=O)O. The van der Waals surface area contributed by atoms with Crippen LogP contribution in [0, 0.1) is 11.8 Å². The quantitative estimate of drug-likeness (QED) is 0.0347. The van der Waals surface area contributed by atoms with E-state index in [0.717, 1.165) is 36.8 Å². The second kappa shape index (κ2) is 32.5. The molecule has 2 aromatic carbocycles. The Morgan fingerprint density at radius 3 is 1.74 bits per heavy atom. The Hall–Kier alpha value is -6.15. The van der Waals surface area contributed by atoms with Crippen LogP contribution in [-0.4, -0.2) is 117 Å². The summed E-state index contributed by atoms with van der Waals surface area (Å²) >= 11 is 3.97. The number of thiol groups is 1. The molecule has 2 aromatic rings. The molecule has 0 spiro atoms. The van der Waals surface area contributed by atoms with E-state index in [4.69, 9.17) is 10.8 Å². The third-order valence-corrected chi connectivity index (χ3v) is 11.6. The van der Waals surface area contributed by atoms with Gasteiger partial charge in [-0.05, 0) is 56.6 Å². The van der Waals surface area contributed by atoms with Crippen LogP contribution in [0.15, 0.2) is 60.7 Å². The van der Waals surface area contributed by atoms with Crippen LogP contribution in [0.4, 0.5) is 4.79 Å². The van der Waals surface area contributed by atoms with Gasteiger partial charge in [-0.1, -0.05) is 86.3 Å². The van der Waals surface area contributed by atoms with Crippen molar-refractivity contribution in [2.45, 2.75) is 134 Å². The van der Waals surface area contributed by atoms with E-state index >= 15 is 0 Å². The number of nitrogens with two attached hydrogens (primary N) is 1. The number of aliphatic carboxylic acids is 3. The molecule has 0 saturated heterocycles. The Kier molecular flexibility index (Phi) is 27.7. The van der Waals surface area contributed by atoms with Gasteiger partial charge < -0.3 is 47.6 Å². The molecular formula is C48H68N6O13S. The van der Waals surface area contributed by atoms with E-state index in [1.165, 1.54) is 6.92 Å². The van der Waals surface area contributed by atoms with Gasteiger partial charge in [0.25, 0.3) is 0 Å². The summed E-state index contributed by atoms with van der Waals surface area (Å²) < 4.78 is 0. The van der Waals surface area contributed by atoms with Crippen molar-refractivity contribution < 1.29 is 63.3 Å². The van der Waals surface area contributed by atoms with Gasteiger partial charge in [0.15, 0.2) is 11.6 Å². The summed E-state index contributed by atoms with van der Waals surface area (Å²) in [7, 11) is 0. The highest BCUT2D eigenvalue weighted by atomic mass is 32.1. The highest BCUT2D eigenvalue weighted by Crippen LogP contribution is 2.18. The zero-order valence-electron chi connectivity index (χ0n) is 38.6. The molecule has 6 atom stereocenters. The fourth-order valence-corrected chi connectivity index (χ4v) is 7.34. The molecule has 20 heteroatoms. The predicted octanol–water partition coefficient (Wildman–Crippen LogP) is 3.16. The molecular weight excluding hydrogens is 901 g/mol. The number of ketones is 3. The maximum atomic E-state index is 14.1. The molecule has 0 aliphatic heterocycles. The normalized spacial score (nSPS) is 13.6. The van der Waals surface area contributed by atoms with Crippen LogP contribution >= 0.6 is 12.6 Å². The Bertz CT molecular complexity index is 1970. The maximum absolute atomic E-state index is 14.1. The first-order chi connectivity index (χ1) is 32.4. The summed E-state index contributed by atoms with van der Waals surface area (Å²) in [6.45, 7) is 1.15. The van der Waals surface area contributed by atoms with Crippen molar-refractivity contribution in [2.75, 3.05) is 18.8 Å². The number of benzene rings is 2. The lowest BCUT2D eigenvalue weighted by Gasteiger charge is -2.23. The molecule has 0 bridgehead atoms. The average molecular weight is 969 g/mol. The molecule has 0 aromatic heterocycles. The molecule has 2 rings (SSSR count). The van der Waals surface area contributed by atoms with Crippen molar-refractivity contribution in [2.24, 2.45) is 17.6 Å². The Balaban J connectivity index is 1.90. The second-order valence-corrected chi connectivity index (χ2v) is 17.2. The first-order valence-corrected chi connectivity index (χ1v) is 23.6. The number of Topliss-reactive ketones (excluding diaryl/α,β-unsaturated/α-hetero) is 3. The Morgan fingerprint density at radius 1 is 0.588 bits per heavy atom. The fraction of sp³-hybridized carbons (Fsp3) is 0.542. The highest BCUT2D eigenvalue weighted by molar-refractivity contribution is 7.80. The molecule has 1 unspecified atom stereocenters. The van der Waals surface area contributed by atoms with Gasteiger partial charge in [0.05, 0.1) is 18.0 Å². The number of unbranched alkanes of at least 4 members (excludes halogenated alkanes) is 5. The monoisotopic (exact) mass is 968 g/mol. The van der Waals surface area contributed by atoms with E-state index in [1.807, 2.05) is 48.5 Å². The third-order valence-electron chi connectivity index (χ3n) is 11.1. The number of carbonyl (C=O) groups excluding carboxylic acids is 7. The molecule has 0 heterocycles. The van der Waals surface area contributed by atoms with Gasteiger partial charge in [-0.2, -0.15) is 12.6 Å². The Morgan fingerprint density at radius 2 is 1.16 bits per heavy atom. The maximum Gasteiger partial charge on any atom is 0.326 e. The molecule has 0 saturated carbocycles. The van der Waals surface area contributed by atoms with Crippen molar-refractivity contribution >= 4 is 71.6 Å². The smallest absolute Gasteiger partial charge is 0.326 e. The van der Waals surface area contributed by atoms with Gasteiger partial charge in [-0.15, -0.1) is 0 Å². The lowest BCUT2D eigenvalue weighted by molar-refractivity contribution is -0.143. The number of carbonyl (C=O) groups is 10. The fourth-order valence-electron chi connectivity index (χ4n) is 7.05. The van der Waals surface area contributed by atoms with Gasteiger partial charge in [0.1, 0.15) is 17.9 Å². The van der Waals surface area contributed by atoms with Gasteiger partial charge >= 0.3 is 23.9 Å². The van der Waals surface area contributed by atoms with Crippen LogP contribution < -0.4 is 32.3 Å². The van der Waals surface area contributed by atoms with Crippen molar-refractivity contribution in [1.29, 1.82) is 0 Å². The van der Waals surface area contributed by atoms with E-state index in [1.54, 1.807) is 12.1 Å². The number of amides is 5. The standard InChI is InChI=1S/C48H68N6O13S/c1-31(40(56)28-35(30-68)46(63)64)52-45(62)37(49)29-51-44(61)34(25-32-15-8-6-9-16-32)27-41(57)39(26-33-17-10-7-11-18-33)53-42(58)20-13-5-3-2-4-12-19-36(55)22-23-38(47(65)66)54-48(67)50-24-14-21-43(59)60/h6-11,15-18,31,34-35,37-39,68H,2-5,12-14,19-30,49H2,1H3,(H,51,61)(H,52,62)(H,53,58)(H,59,60)(H,63,64)(H,65,66)(H2,50,54,67)/t31?,34-,35+,37+,38+,39+/m1/s1. The molecule has 19 nitrogen and oxygen atoms in total. The first kappa shape index (κ1) is 58.0. The zero-order valence-corrected chi connectivity index (χ0v) is 39.5. The molecule has 0 aliphatic carbocycles. The lowest BCUT2D eigenvalue weighted by Crippen LogP contribution is -2.52. The minimum absolute atomic E-state index is 0.0297. The summed E-state index contributed by atoms with van der Waals surface area (Å²) in [6, 6.07) is 12.9. The molecule has 10 N–H and O–H groups in total. The number of carboxylic acid groups (broad SMARTS) is 3. The third kappa shape index (κ3) is 24.6. The number of rotatable bonds is 36. The van der Waals surface area contributed by atoms with E-state index < -0.39 is 77.5 Å². The van der Waals surface area contributed by atoms with Crippen LogP contribution in [0.5, 0.6) is 0 Å². The van der Waals surface area contributed by atoms with Crippen LogP contribution in [0.2, 0.25) is 0 Å². The van der Waals surface area contributed by atoms with Gasteiger partial charge in [-0.3, -0.25) is 38.4 Å². The van der Waals surface area contributed by atoms with E-state index in [9.17, 15) is 58.2 Å². The van der Waals surface area contributed by atoms with Crippen LogP contribution in [0.1, 0.15) is 108 Å². The summed E-state index contributed by atoms with van der Waals surface area (Å²) in [5.41, 5.74) is 7.65. The molecule has 0 radical (unpaired) electrons. The largest absolute Gasteiger partial charge is 0.481 e. The minimum Gasteiger partial charge on any atom is -0.481 e. The number of hydrogen-bond acceptors (Lipinski definition) is 12. The van der Waals surface area contributed by atoms with Crippen LogP contribution in [0.25, 0.3) is 0 Å². The summed E-state index contributed by atoms with van der Waals surface area (Å²) in [5.74, 6) is -8.10. The van der Waals surface area contributed by atoms with Gasteiger partial charge in [0.2, 0.25) is 17.7 Å². The van der Waals surface area contributed by atoms with Gasteiger partial charge in [-0.25, -0.2) is 9.59 Å². The zero-order chi connectivity index (χ0) is 50.4. The van der Waals surface area contributed by atoms with Gasteiger partial charge in [0, 0.05) is 63.3 Å². The van der Waals surface area contributed by atoms with E-state index in [-0.39, 0.29) is 101 Å². The van der Waals surface area contributed by atoms with Crippen LogP contribution in [-0.2, 0) is 56.0 Å². The number of urea groups is 1. The molecule has 0 fully saturated rings. The van der Waals surface area contributed by atoms with Crippen molar-refractivity contribution in [1.82, 2.24) is 26.6 Å². The van der Waals surface area contributed by atoms with Crippen LogP contribution in [0.3, 0.4) is 0 Å². The van der Waals surface area contributed by atoms with Crippen molar-refractivity contribution in [3.8, 4) is 0 Å². The second-order valence-electron chi connectivity index (χ2n) is 16.8. The first-order valence-electron chi connectivity index (χ1n) is 23.0.